The summed E-state index contributed by atoms with van der Waals surface area (Å²) in [6, 6.07) is 14.6. The van der Waals surface area contributed by atoms with Crippen LogP contribution in [0.15, 0.2) is 53.3 Å². The van der Waals surface area contributed by atoms with E-state index in [0.717, 1.165) is 22.5 Å². The van der Waals surface area contributed by atoms with E-state index in [2.05, 4.69) is 15.3 Å². The number of nitrogens with zero attached hydrogens (tertiary/aromatic N) is 1. The van der Waals surface area contributed by atoms with Crippen LogP contribution in [0.3, 0.4) is 0 Å². The van der Waals surface area contributed by atoms with E-state index in [1.54, 1.807) is 38.1 Å². The highest BCUT2D eigenvalue weighted by molar-refractivity contribution is 7.20. The van der Waals surface area contributed by atoms with Crippen molar-refractivity contribution in [3.63, 3.8) is 0 Å². The molecule has 168 valence electrons. The van der Waals surface area contributed by atoms with Gasteiger partial charge in [-0.05, 0) is 50.5 Å². The molecular formula is C25H23N3O4S. The molecule has 4 aromatic rings. The van der Waals surface area contributed by atoms with Crippen LogP contribution < -0.4 is 10.9 Å². The number of rotatable bonds is 5. The van der Waals surface area contributed by atoms with Crippen LogP contribution in [0.2, 0.25) is 0 Å². The molecule has 0 saturated carbocycles. The number of hydrogen-bond acceptors (Lipinski definition) is 6. The van der Waals surface area contributed by atoms with Gasteiger partial charge in [-0.25, -0.2) is 9.78 Å². The number of carbonyl (C=O) groups excluding carboxylic acids is 2. The number of aromatic nitrogens is 2. The van der Waals surface area contributed by atoms with Gasteiger partial charge in [0.05, 0.1) is 5.39 Å². The summed E-state index contributed by atoms with van der Waals surface area (Å²) in [6.07, 6.45) is -1.17. The second kappa shape index (κ2) is 8.99. The zero-order valence-electron chi connectivity index (χ0n) is 18.7. The first-order valence-corrected chi connectivity index (χ1v) is 11.2. The van der Waals surface area contributed by atoms with Crippen LogP contribution in [0.5, 0.6) is 0 Å². The maximum atomic E-state index is 13.2. The fraction of sp³-hybridized carbons (Fsp3) is 0.200. The van der Waals surface area contributed by atoms with Crippen molar-refractivity contribution in [3.8, 4) is 0 Å². The highest BCUT2D eigenvalue weighted by atomic mass is 32.1. The first kappa shape index (κ1) is 22.4. The number of benzene rings is 2. The van der Waals surface area contributed by atoms with Gasteiger partial charge in [-0.3, -0.25) is 9.59 Å². The van der Waals surface area contributed by atoms with Crippen LogP contribution >= 0.6 is 11.3 Å². The van der Waals surface area contributed by atoms with Gasteiger partial charge in [-0.2, -0.15) is 0 Å². The summed E-state index contributed by atoms with van der Waals surface area (Å²) in [5.41, 5.74) is 3.26. The predicted octanol–water partition coefficient (Wildman–Crippen LogP) is 4.76. The summed E-state index contributed by atoms with van der Waals surface area (Å²) in [6.45, 7) is 7.18. The Kier molecular flexibility index (Phi) is 6.11. The number of aromatic amines is 1. The minimum absolute atomic E-state index is 0.245. The number of H-pyrrole nitrogens is 1. The maximum Gasteiger partial charge on any atom is 0.349 e. The monoisotopic (exact) mass is 461 g/mol. The van der Waals surface area contributed by atoms with Crippen LogP contribution in [-0.2, 0) is 9.53 Å². The zero-order valence-corrected chi connectivity index (χ0v) is 19.5. The van der Waals surface area contributed by atoms with Crippen molar-refractivity contribution in [1.82, 2.24) is 9.97 Å². The van der Waals surface area contributed by atoms with Gasteiger partial charge in [0, 0.05) is 11.3 Å². The lowest BCUT2D eigenvalue weighted by Crippen LogP contribution is -2.26. The highest BCUT2D eigenvalue weighted by Gasteiger charge is 2.29. The molecule has 0 saturated heterocycles. The van der Waals surface area contributed by atoms with E-state index in [9.17, 15) is 14.4 Å². The van der Waals surface area contributed by atoms with Gasteiger partial charge in [0.1, 0.15) is 15.5 Å². The molecule has 0 aliphatic heterocycles. The molecule has 0 aliphatic carbocycles. The molecule has 1 atom stereocenters. The molecule has 7 nitrogen and oxygen atoms in total. The lowest BCUT2D eigenvalue weighted by atomic mass is 10.1. The fourth-order valence-electron chi connectivity index (χ4n) is 3.58. The number of thiophene rings is 1. The van der Waals surface area contributed by atoms with Crippen molar-refractivity contribution in [1.29, 1.82) is 0 Å². The van der Waals surface area contributed by atoms with Gasteiger partial charge in [-0.1, -0.05) is 42.5 Å². The van der Waals surface area contributed by atoms with Gasteiger partial charge in [-0.15, -0.1) is 11.3 Å². The Labute approximate surface area is 194 Å². The number of esters is 1. The van der Waals surface area contributed by atoms with Crippen molar-refractivity contribution in [2.45, 2.75) is 33.8 Å². The Balaban J connectivity index is 1.68. The number of carbonyl (C=O) groups is 2. The molecule has 0 fully saturated rings. The molecule has 0 aliphatic rings. The first-order chi connectivity index (χ1) is 15.7. The molecule has 2 heterocycles. The molecule has 0 bridgehead atoms. The molecule has 2 aromatic heterocycles. The lowest BCUT2D eigenvalue weighted by Gasteiger charge is -2.19. The van der Waals surface area contributed by atoms with Gasteiger partial charge >= 0.3 is 5.97 Å². The average molecular weight is 462 g/mol. The van der Waals surface area contributed by atoms with Crippen LogP contribution in [0, 0.1) is 27.7 Å². The molecular weight excluding hydrogens is 438 g/mol. The van der Waals surface area contributed by atoms with E-state index in [4.69, 9.17) is 4.74 Å². The van der Waals surface area contributed by atoms with Gasteiger partial charge in [0.25, 0.3) is 11.5 Å². The topological polar surface area (TPSA) is 101 Å². The quantitative estimate of drug-likeness (QED) is 0.418. The number of aryl methyl sites for hydroxylation is 4. The third kappa shape index (κ3) is 4.56. The summed E-state index contributed by atoms with van der Waals surface area (Å²) in [4.78, 5) is 46.4. The summed E-state index contributed by atoms with van der Waals surface area (Å²) in [5, 5.41) is 3.24. The first-order valence-electron chi connectivity index (χ1n) is 10.4. The van der Waals surface area contributed by atoms with Crippen molar-refractivity contribution >= 4 is 39.1 Å². The van der Waals surface area contributed by atoms with Crippen LogP contribution in [-0.4, -0.2) is 21.8 Å². The Hall–Kier alpha value is -3.78. The number of hydrogen-bond donors (Lipinski definition) is 2. The molecule has 4 rings (SSSR count). The Morgan fingerprint density at radius 1 is 1.06 bits per heavy atom. The molecule has 1 amide bonds. The summed E-state index contributed by atoms with van der Waals surface area (Å²) in [5.74, 6) is -0.685. The average Bonchev–Trinajstić information content (AvgIpc) is 3.11. The van der Waals surface area contributed by atoms with Crippen LogP contribution in [0.1, 0.15) is 43.9 Å². The van der Waals surface area contributed by atoms with Gasteiger partial charge in [0.15, 0.2) is 0 Å². The summed E-state index contributed by atoms with van der Waals surface area (Å²) >= 11 is 1.08. The van der Waals surface area contributed by atoms with E-state index in [0.29, 0.717) is 32.9 Å². The van der Waals surface area contributed by atoms with E-state index < -0.39 is 18.0 Å². The maximum absolute atomic E-state index is 13.2. The smallest absolute Gasteiger partial charge is 0.349 e. The molecule has 0 spiro atoms. The largest absolute Gasteiger partial charge is 0.443 e. The second-order valence-electron chi connectivity index (χ2n) is 7.89. The normalized spacial score (nSPS) is 11.9. The Morgan fingerprint density at radius 2 is 1.79 bits per heavy atom. The van der Waals surface area contributed by atoms with Crippen LogP contribution in [0.25, 0.3) is 10.2 Å². The van der Waals surface area contributed by atoms with Crippen molar-refractivity contribution in [2.24, 2.45) is 0 Å². The molecule has 2 N–H and O–H groups in total. The van der Waals surface area contributed by atoms with Crippen molar-refractivity contribution < 1.29 is 14.3 Å². The van der Waals surface area contributed by atoms with E-state index >= 15 is 0 Å². The molecule has 2 aromatic carbocycles. The van der Waals surface area contributed by atoms with Gasteiger partial charge < -0.3 is 15.0 Å². The van der Waals surface area contributed by atoms with Gasteiger partial charge in [0.2, 0.25) is 6.10 Å². The predicted molar refractivity (Wildman–Crippen MR) is 129 cm³/mol. The van der Waals surface area contributed by atoms with Crippen molar-refractivity contribution in [3.05, 3.63) is 91.8 Å². The number of anilines is 1. The number of nitrogens with one attached hydrogen (secondary N) is 2. The SMILES string of the molecule is Cc1ccc(C)c(NC(=O)C(OC(=O)c2sc3nc(C)[nH]c(=O)c3c2C)c2ccccc2)c1. The van der Waals surface area contributed by atoms with Crippen LogP contribution in [0.4, 0.5) is 5.69 Å². The molecule has 0 radical (unpaired) electrons. The number of amides is 1. The van der Waals surface area contributed by atoms with Crippen molar-refractivity contribution in [2.75, 3.05) is 5.32 Å². The number of ether oxygens (including phenoxy) is 1. The molecule has 1 unspecified atom stereocenters. The molecule has 8 heteroatoms. The van der Waals surface area contributed by atoms with E-state index in [-0.39, 0.29) is 10.4 Å². The zero-order chi connectivity index (χ0) is 23.7. The minimum atomic E-state index is -1.17. The minimum Gasteiger partial charge on any atom is -0.443 e. The summed E-state index contributed by atoms with van der Waals surface area (Å²) < 4.78 is 5.73. The van der Waals surface area contributed by atoms with E-state index in [1.165, 1.54) is 0 Å². The Bertz CT molecular complexity index is 1420. The van der Waals surface area contributed by atoms with E-state index in [1.807, 2.05) is 38.1 Å². The Morgan fingerprint density at radius 3 is 2.52 bits per heavy atom. The fourth-order valence-corrected chi connectivity index (χ4v) is 4.69. The number of fused-ring (bicyclic) bond motifs is 1. The second-order valence-corrected chi connectivity index (χ2v) is 8.89. The third-order valence-corrected chi connectivity index (χ3v) is 6.49. The third-order valence-electron chi connectivity index (χ3n) is 5.32. The summed E-state index contributed by atoms with van der Waals surface area (Å²) in [7, 11) is 0. The standard InChI is InChI=1S/C25H23N3O4S/c1-13-10-11-14(2)18(12-13)28-23(30)20(17-8-6-5-7-9-17)32-25(31)21-15(3)19-22(29)26-16(4)27-24(19)33-21/h5-12,20H,1-4H3,(H,28,30)(H,26,27,29). The molecule has 33 heavy (non-hydrogen) atoms. The highest BCUT2D eigenvalue weighted by Crippen LogP contribution is 2.30. The lowest BCUT2D eigenvalue weighted by molar-refractivity contribution is -0.125.